The number of carbonyl (C=O) groups is 1. The second-order valence-corrected chi connectivity index (χ2v) is 7.40. The highest BCUT2D eigenvalue weighted by Crippen LogP contribution is 2.24. The molecule has 0 unspecified atom stereocenters. The first-order chi connectivity index (χ1) is 14.5. The molecule has 0 spiro atoms. The van der Waals surface area contributed by atoms with E-state index in [-0.39, 0.29) is 11.9 Å². The van der Waals surface area contributed by atoms with Gasteiger partial charge in [-0.3, -0.25) is 4.79 Å². The van der Waals surface area contributed by atoms with Crippen molar-refractivity contribution in [1.82, 2.24) is 5.32 Å². The summed E-state index contributed by atoms with van der Waals surface area (Å²) in [4.78, 5) is 12.8. The molecule has 1 N–H and O–H groups in total. The lowest BCUT2D eigenvalue weighted by Gasteiger charge is -2.16. The van der Waals surface area contributed by atoms with Crippen LogP contribution in [0.25, 0.3) is 0 Å². The minimum absolute atomic E-state index is 0.0829. The zero-order valence-corrected chi connectivity index (χ0v) is 18.1. The van der Waals surface area contributed by atoms with Gasteiger partial charge in [0.25, 0.3) is 5.91 Å². The third kappa shape index (κ3) is 5.41. The topological polar surface area (TPSA) is 47.6 Å². The Morgan fingerprint density at radius 2 is 1.70 bits per heavy atom. The van der Waals surface area contributed by atoms with Gasteiger partial charge in [-0.25, -0.2) is 0 Å². The minimum atomic E-state index is -0.123. The van der Waals surface area contributed by atoms with E-state index < -0.39 is 0 Å². The summed E-state index contributed by atoms with van der Waals surface area (Å²) in [5, 5.41) is 3.06. The second kappa shape index (κ2) is 9.97. The van der Waals surface area contributed by atoms with Crippen LogP contribution in [0.2, 0.25) is 0 Å². The summed E-state index contributed by atoms with van der Waals surface area (Å²) >= 11 is 0. The molecule has 0 aliphatic rings. The summed E-state index contributed by atoms with van der Waals surface area (Å²) in [6.45, 7) is 8.93. The molecule has 4 heteroatoms. The molecule has 3 rings (SSSR count). The Labute approximate surface area is 178 Å². The number of aryl methyl sites for hydroxylation is 2. The molecule has 1 atom stereocenters. The van der Waals surface area contributed by atoms with Crippen molar-refractivity contribution in [3.63, 3.8) is 0 Å². The van der Waals surface area contributed by atoms with Crippen LogP contribution in [-0.4, -0.2) is 12.5 Å². The number of carbonyl (C=O) groups excluding carboxylic acids is 1. The quantitative estimate of drug-likeness (QED) is 0.519. The number of hydrogen-bond donors (Lipinski definition) is 1. The van der Waals surface area contributed by atoms with Gasteiger partial charge in [0.05, 0.1) is 12.6 Å². The van der Waals surface area contributed by atoms with Gasteiger partial charge in [-0.2, -0.15) is 0 Å². The molecule has 0 saturated heterocycles. The summed E-state index contributed by atoms with van der Waals surface area (Å²) in [5.41, 5.74) is 4.90. The molecule has 0 aromatic heterocycles. The Kier molecular flexibility index (Phi) is 7.12. The third-order valence-electron chi connectivity index (χ3n) is 5.14. The molecule has 4 nitrogen and oxygen atoms in total. The van der Waals surface area contributed by atoms with Gasteiger partial charge in [0.1, 0.15) is 18.1 Å². The van der Waals surface area contributed by atoms with Crippen molar-refractivity contribution < 1.29 is 14.3 Å². The molecule has 156 valence electrons. The highest BCUT2D eigenvalue weighted by molar-refractivity contribution is 5.94. The van der Waals surface area contributed by atoms with E-state index in [4.69, 9.17) is 9.47 Å². The lowest BCUT2D eigenvalue weighted by Crippen LogP contribution is -2.26. The fourth-order valence-electron chi connectivity index (χ4n) is 3.20. The van der Waals surface area contributed by atoms with Crippen molar-refractivity contribution in [2.45, 2.75) is 40.3 Å². The number of benzene rings is 3. The number of amides is 1. The lowest BCUT2D eigenvalue weighted by atomic mass is 10.1. The van der Waals surface area contributed by atoms with Crippen LogP contribution in [-0.2, 0) is 6.61 Å². The van der Waals surface area contributed by atoms with Gasteiger partial charge in [0.2, 0.25) is 0 Å². The van der Waals surface area contributed by atoms with E-state index in [1.165, 1.54) is 11.1 Å². The maximum absolute atomic E-state index is 12.8. The molecule has 0 bridgehead atoms. The van der Waals surface area contributed by atoms with E-state index in [1.54, 1.807) is 6.07 Å². The molecule has 3 aromatic carbocycles. The second-order valence-electron chi connectivity index (χ2n) is 7.40. The van der Waals surface area contributed by atoms with Gasteiger partial charge in [-0.15, -0.1) is 0 Å². The molecule has 0 aliphatic heterocycles. The summed E-state index contributed by atoms with van der Waals surface area (Å²) < 4.78 is 11.7. The van der Waals surface area contributed by atoms with Crippen LogP contribution in [0.4, 0.5) is 0 Å². The first-order valence-corrected chi connectivity index (χ1v) is 10.3. The van der Waals surface area contributed by atoms with Crippen LogP contribution in [0.1, 0.15) is 52.5 Å². The van der Waals surface area contributed by atoms with Crippen molar-refractivity contribution in [2.24, 2.45) is 0 Å². The zero-order chi connectivity index (χ0) is 21.5. The Morgan fingerprint density at radius 3 is 2.40 bits per heavy atom. The smallest absolute Gasteiger partial charge is 0.251 e. The first kappa shape index (κ1) is 21.4. The SMILES string of the molecule is CCOc1ccc(C(=O)N[C@@H](C)c2ccccc2)cc1COc1ccc(C)c(C)c1. The summed E-state index contributed by atoms with van der Waals surface area (Å²) in [5.74, 6) is 1.41. The first-order valence-electron chi connectivity index (χ1n) is 10.3. The maximum atomic E-state index is 12.8. The fourth-order valence-corrected chi connectivity index (χ4v) is 3.20. The molecule has 0 saturated carbocycles. The number of nitrogens with one attached hydrogen (secondary N) is 1. The predicted octanol–water partition coefficient (Wildman–Crippen LogP) is 5.77. The summed E-state index contributed by atoms with van der Waals surface area (Å²) in [6, 6.07) is 21.3. The van der Waals surface area contributed by atoms with Crippen LogP contribution < -0.4 is 14.8 Å². The van der Waals surface area contributed by atoms with Crippen molar-refractivity contribution in [3.8, 4) is 11.5 Å². The third-order valence-corrected chi connectivity index (χ3v) is 5.14. The van der Waals surface area contributed by atoms with Crippen molar-refractivity contribution in [1.29, 1.82) is 0 Å². The largest absolute Gasteiger partial charge is 0.493 e. The molecule has 30 heavy (non-hydrogen) atoms. The van der Waals surface area contributed by atoms with E-state index in [0.29, 0.717) is 18.8 Å². The molecule has 1 amide bonds. The molecule has 0 radical (unpaired) electrons. The average Bonchev–Trinajstić information content (AvgIpc) is 2.76. The van der Waals surface area contributed by atoms with E-state index in [1.807, 2.05) is 74.5 Å². The minimum Gasteiger partial charge on any atom is -0.493 e. The zero-order valence-electron chi connectivity index (χ0n) is 18.1. The van der Waals surface area contributed by atoms with E-state index in [9.17, 15) is 4.79 Å². The van der Waals surface area contributed by atoms with E-state index in [0.717, 1.165) is 22.6 Å². The lowest BCUT2D eigenvalue weighted by molar-refractivity contribution is 0.0939. The molecular formula is C26H29NO3. The van der Waals surface area contributed by atoms with Gasteiger partial charge in [0.15, 0.2) is 0 Å². The Hall–Kier alpha value is -3.27. The van der Waals surface area contributed by atoms with Gasteiger partial charge in [-0.05, 0) is 74.7 Å². The standard InChI is InChI=1S/C26H29NO3/c1-5-29-25-14-12-22(26(28)27-20(4)21-9-7-6-8-10-21)16-23(25)17-30-24-13-11-18(2)19(3)15-24/h6-16,20H,5,17H2,1-4H3,(H,27,28)/t20-/m0/s1. The number of hydrogen-bond acceptors (Lipinski definition) is 3. The van der Waals surface area contributed by atoms with Crippen molar-refractivity contribution in [2.75, 3.05) is 6.61 Å². The monoisotopic (exact) mass is 403 g/mol. The molecule has 0 fully saturated rings. The average molecular weight is 404 g/mol. The summed E-state index contributed by atoms with van der Waals surface area (Å²) in [7, 11) is 0. The fraction of sp³-hybridized carbons (Fsp3) is 0.269. The van der Waals surface area contributed by atoms with Crippen LogP contribution in [0.15, 0.2) is 66.7 Å². The molecule has 0 heterocycles. The predicted molar refractivity (Wildman–Crippen MR) is 120 cm³/mol. The van der Waals surface area contributed by atoms with E-state index in [2.05, 4.69) is 19.2 Å². The molecule has 0 aliphatic carbocycles. The van der Waals surface area contributed by atoms with Crippen LogP contribution in [0.3, 0.4) is 0 Å². The van der Waals surface area contributed by atoms with Gasteiger partial charge in [-0.1, -0.05) is 36.4 Å². The van der Waals surface area contributed by atoms with Crippen molar-refractivity contribution >= 4 is 5.91 Å². The van der Waals surface area contributed by atoms with Crippen LogP contribution >= 0.6 is 0 Å². The van der Waals surface area contributed by atoms with Crippen molar-refractivity contribution in [3.05, 3.63) is 94.5 Å². The Bertz CT molecular complexity index is 998. The van der Waals surface area contributed by atoms with Gasteiger partial charge in [0, 0.05) is 11.1 Å². The number of ether oxygens (including phenoxy) is 2. The Balaban J connectivity index is 1.75. The number of rotatable bonds is 8. The van der Waals surface area contributed by atoms with Crippen LogP contribution in [0, 0.1) is 13.8 Å². The molecular weight excluding hydrogens is 374 g/mol. The van der Waals surface area contributed by atoms with Gasteiger partial charge < -0.3 is 14.8 Å². The normalized spacial score (nSPS) is 11.6. The van der Waals surface area contributed by atoms with Crippen LogP contribution in [0.5, 0.6) is 11.5 Å². The molecule has 3 aromatic rings. The highest BCUT2D eigenvalue weighted by Gasteiger charge is 2.14. The highest BCUT2D eigenvalue weighted by atomic mass is 16.5. The van der Waals surface area contributed by atoms with Gasteiger partial charge >= 0.3 is 0 Å². The van der Waals surface area contributed by atoms with E-state index >= 15 is 0 Å². The summed E-state index contributed by atoms with van der Waals surface area (Å²) in [6.07, 6.45) is 0. The maximum Gasteiger partial charge on any atom is 0.251 e. The Morgan fingerprint density at radius 1 is 0.933 bits per heavy atom.